The van der Waals surface area contributed by atoms with Crippen molar-refractivity contribution < 1.29 is 21.1 Å². The van der Waals surface area contributed by atoms with Crippen LogP contribution in [-0.2, 0) is 16.1 Å². The molecule has 0 spiro atoms. The summed E-state index contributed by atoms with van der Waals surface area (Å²) in [6.45, 7) is -1.33. The number of likely N-dealkylation sites (N-methyl/N-ethyl adjacent to an activating group) is 1. The summed E-state index contributed by atoms with van der Waals surface area (Å²) in [6, 6.07) is 9.04. The van der Waals surface area contributed by atoms with Crippen molar-refractivity contribution in [2.24, 2.45) is 0 Å². The van der Waals surface area contributed by atoms with Crippen molar-refractivity contribution in [1.29, 1.82) is 0 Å². The van der Waals surface area contributed by atoms with Crippen molar-refractivity contribution >= 4 is 6.09 Å². The lowest BCUT2D eigenvalue weighted by atomic mass is 10.2. The van der Waals surface area contributed by atoms with Gasteiger partial charge in [0, 0.05) is 17.6 Å². The highest BCUT2D eigenvalue weighted by Crippen LogP contribution is 2.09. The molecule has 0 aliphatic rings. The van der Waals surface area contributed by atoms with Gasteiger partial charge in [0.2, 0.25) is 0 Å². The fourth-order valence-corrected chi connectivity index (χ4v) is 1.23. The highest BCUT2D eigenvalue weighted by atomic mass is 16.6. The van der Waals surface area contributed by atoms with Gasteiger partial charge in [0.25, 0.3) is 0 Å². The molecule has 0 aromatic heterocycles. The first-order valence-electron chi connectivity index (χ1n) is 8.48. The maximum absolute atomic E-state index is 12.1. The number of amides is 1. The molecule has 0 radical (unpaired) electrons. The topological polar surface area (TPSA) is 38.8 Å². The molecule has 1 rings (SSSR count). The molecule has 4 nitrogen and oxygen atoms in total. The minimum Gasteiger partial charge on any atom is -0.444 e. The van der Waals surface area contributed by atoms with Crippen molar-refractivity contribution in [2.75, 3.05) is 20.1 Å². The van der Waals surface area contributed by atoms with Gasteiger partial charge < -0.3 is 14.4 Å². The van der Waals surface area contributed by atoms with E-state index >= 15 is 0 Å². The number of carbonyl (C=O) groups is 1. The second-order valence-corrected chi connectivity index (χ2v) is 4.95. The van der Waals surface area contributed by atoms with E-state index in [4.69, 9.17) is 16.3 Å². The molecule has 0 unspecified atom stereocenters. The first kappa shape index (κ1) is 9.37. The van der Waals surface area contributed by atoms with E-state index in [2.05, 4.69) is 0 Å². The standard InChI is InChI=1S/C15H23NO3/c1-15(2,3)19-14(17)16(4)10-11-18-12-13-8-6-5-7-9-13/h5-9H,10-12H2,1-4H3/i4D3,10D2. The van der Waals surface area contributed by atoms with E-state index in [1.807, 2.05) is 18.2 Å². The fourth-order valence-electron chi connectivity index (χ4n) is 1.23. The third kappa shape index (κ3) is 6.82. The van der Waals surface area contributed by atoms with E-state index in [0.717, 1.165) is 5.56 Å². The lowest BCUT2D eigenvalue weighted by Gasteiger charge is -2.24. The number of hydrogen-bond donors (Lipinski definition) is 0. The molecule has 0 heterocycles. The highest BCUT2D eigenvalue weighted by Gasteiger charge is 2.19. The molecule has 1 aromatic rings. The van der Waals surface area contributed by atoms with Crippen molar-refractivity contribution in [3.05, 3.63) is 35.9 Å². The second-order valence-electron chi connectivity index (χ2n) is 4.95. The number of ether oxygens (including phenoxy) is 2. The molecule has 0 aliphatic heterocycles. The molecule has 0 aliphatic carbocycles. The van der Waals surface area contributed by atoms with Gasteiger partial charge in [-0.05, 0) is 26.3 Å². The Morgan fingerprint density at radius 3 is 2.63 bits per heavy atom. The normalized spacial score (nSPS) is 16.5. The van der Waals surface area contributed by atoms with Crippen LogP contribution in [0, 0.1) is 0 Å². The maximum atomic E-state index is 12.1. The maximum Gasteiger partial charge on any atom is 0.410 e. The Morgan fingerprint density at radius 2 is 2.05 bits per heavy atom. The van der Waals surface area contributed by atoms with Gasteiger partial charge in [0.05, 0.1) is 16.0 Å². The largest absolute Gasteiger partial charge is 0.444 e. The van der Waals surface area contributed by atoms with E-state index in [1.165, 1.54) is 0 Å². The summed E-state index contributed by atoms with van der Waals surface area (Å²) in [4.78, 5) is 12.2. The zero-order valence-electron chi connectivity index (χ0n) is 16.5. The van der Waals surface area contributed by atoms with Gasteiger partial charge in [0.15, 0.2) is 0 Å². The van der Waals surface area contributed by atoms with Crippen molar-refractivity contribution in [3.63, 3.8) is 0 Å². The van der Waals surface area contributed by atoms with Crippen LogP contribution in [0.4, 0.5) is 4.79 Å². The highest BCUT2D eigenvalue weighted by molar-refractivity contribution is 5.67. The third-order valence-electron chi connectivity index (χ3n) is 2.01. The van der Waals surface area contributed by atoms with E-state index in [9.17, 15) is 4.79 Å². The molecule has 0 fully saturated rings. The first-order chi connectivity index (χ1) is 10.8. The van der Waals surface area contributed by atoms with Gasteiger partial charge in [-0.25, -0.2) is 4.79 Å². The Morgan fingerprint density at radius 1 is 1.37 bits per heavy atom. The minimum atomic E-state index is -3.00. The summed E-state index contributed by atoms with van der Waals surface area (Å²) in [6.07, 6.45) is -1.25. The molecular weight excluding hydrogens is 242 g/mol. The van der Waals surface area contributed by atoms with Crippen LogP contribution in [0.25, 0.3) is 0 Å². The molecule has 1 aromatic carbocycles. The predicted octanol–water partition coefficient (Wildman–Crippen LogP) is 3.07. The van der Waals surface area contributed by atoms with Gasteiger partial charge in [-0.3, -0.25) is 0 Å². The van der Waals surface area contributed by atoms with Gasteiger partial charge in [0.1, 0.15) is 5.60 Å². The van der Waals surface area contributed by atoms with Crippen molar-refractivity contribution in [3.8, 4) is 0 Å². The summed E-state index contributed by atoms with van der Waals surface area (Å²) in [5.41, 5.74) is -0.132. The Labute approximate surface area is 122 Å². The molecule has 0 saturated heterocycles. The molecule has 106 valence electrons. The monoisotopic (exact) mass is 270 g/mol. The quantitative estimate of drug-likeness (QED) is 0.825. The Kier molecular flexibility index (Phi) is 3.52. The van der Waals surface area contributed by atoms with Crippen molar-refractivity contribution in [2.45, 2.75) is 33.0 Å². The molecule has 0 bridgehead atoms. The van der Waals surface area contributed by atoms with Gasteiger partial charge in [-0.1, -0.05) is 30.3 Å². The van der Waals surface area contributed by atoms with Crippen LogP contribution in [0.3, 0.4) is 0 Å². The first-order valence-corrected chi connectivity index (χ1v) is 5.98. The smallest absolute Gasteiger partial charge is 0.410 e. The summed E-state index contributed by atoms with van der Waals surface area (Å²) in [5, 5.41) is 0. The lowest BCUT2D eigenvalue weighted by molar-refractivity contribution is 0.0221. The molecule has 0 atom stereocenters. The van der Waals surface area contributed by atoms with Gasteiger partial charge in [-0.2, -0.15) is 0 Å². The van der Waals surface area contributed by atoms with E-state index < -0.39 is 31.8 Å². The second kappa shape index (κ2) is 7.14. The average Bonchev–Trinajstić information content (AvgIpc) is 2.35. The summed E-state index contributed by atoms with van der Waals surface area (Å²) >= 11 is 0. The molecule has 19 heavy (non-hydrogen) atoms. The average molecular weight is 270 g/mol. The molecule has 0 N–H and O–H groups in total. The Hall–Kier alpha value is -1.55. The van der Waals surface area contributed by atoms with Crippen LogP contribution < -0.4 is 0 Å². The van der Waals surface area contributed by atoms with Crippen LogP contribution in [-0.4, -0.2) is 36.7 Å². The van der Waals surface area contributed by atoms with Gasteiger partial charge in [-0.15, -0.1) is 0 Å². The summed E-state index contributed by atoms with van der Waals surface area (Å²) < 4.78 is 48.5. The van der Waals surface area contributed by atoms with Crippen molar-refractivity contribution in [1.82, 2.24) is 4.90 Å². The minimum absolute atomic E-state index is 0.101. The summed E-state index contributed by atoms with van der Waals surface area (Å²) in [7, 11) is 0. The van der Waals surface area contributed by atoms with Crippen LogP contribution in [0.5, 0.6) is 0 Å². The molecule has 4 heteroatoms. The summed E-state index contributed by atoms with van der Waals surface area (Å²) in [5.74, 6) is 0. The number of hydrogen-bond acceptors (Lipinski definition) is 3. The number of rotatable bonds is 5. The van der Waals surface area contributed by atoms with Crippen LogP contribution in [0.15, 0.2) is 30.3 Å². The third-order valence-corrected chi connectivity index (χ3v) is 2.01. The van der Waals surface area contributed by atoms with Gasteiger partial charge >= 0.3 is 6.09 Å². The molecular formula is C15H23NO3. The Balaban J connectivity index is 2.81. The SMILES string of the molecule is [2H]C([2H])([2H])N(C(=O)OC(C)(C)C)C([2H])([2H])COCc1ccccc1. The lowest BCUT2D eigenvalue weighted by Crippen LogP contribution is -2.36. The van der Waals surface area contributed by atoms with Crippen LogP contribution in [0.1, 0.15) is 33.2 Å². The number of nitrogens with zero attached hydrogens (tertiary/aromatic N) is 1. The predicted molar refractivity (Wildman–Crippen MR) is 75.0 cm³/mol. The Bertz CT molecular complexity index is 540. The van der Waals surface area contributed by atoms with E-state index in [-0.39, 0.29) is 11.5 Å². The zero-order chi connectivity index (χ0) is 18.6. The van der Waals surface area contributed by atoms with E-state index in [1.54, 1.807) is 32.9 Å². The van der Waals surface area contributed by atoms with Crippen LogP contribution in [0.2, 0.25) is 0 Å². The molecule has 0 saturated carbocycles. The zero-order valence-corrected chi connectivity index (χ0v) is 11.5. The van der Waals surface area contributed by atoms with Crippen LogP contribution >= 0.6 is 0 Å². The van der Waals surface area contributed by atoms with E-state index in [0.29, 0.717) is 0 Å². The molecule has 1 amide bonds. The fraction of sp³-hybridized carbons (Fsp3) is 0.533. The number of carbonyl (C=O) groups excluding carboxylic acids is 1. The number of benzene rings is 1.